The van der Waals surface area contributed by atoms with Crippen LogP contribution in [-0.4, -0.2) is 54.1 Å². The van der Waals surface area contributed by atoms with Crippen molar-refractivity contribution in [3.63, 3.8) is 0 Å². The molecule has 2 amide bonds. The van der Waals surface area contributed by atoms with Gasteiger partial charge in [0, 0.05) is 33.6 Å². The largest absolute Gasteiger partial charge is 0.481 e. The van der Waals surface area contributed by atoms with Crippen molar-refractivity contribution in [3.8, 4) is 0 Å². The van der Waals surface area contributed by atoms with E-state index in [1.165, 1.54) is 0 Å². The fourth-order valence-corrected chi connectivity index (χ4v) is 1.55. The number of hydrogen-bond acceptors (Lipinski definition) is 2. The van der Waals surface area contributed by atoms with Crippen molar-refractivity contribution in [1.29, 1.82) is 0 Å². The molecule has 0 aliphatic heterocycles. The molecule has 0 aliphatic carbocycles. The second kappa shape index (κ2) is 8.84. The quantitative estimate of drug-likeness (QED) is 0.664. The summed E-state index contributed by atoms with van der Waals surface area (Å²) in [4.78, 5) is 25.4. The van der Waals surface area contributed by atoms with Gasteiger partial charge >= 0.3 is 12.0 Å². The van der Waals surface area contributed by atoms with Crippen LogP contribution in [0.5, 0.6) is 0 Å². The lowest BCUT2D eigenvalue weighted by Crippen LogP contribution is -2.39. The van der Waals surface area contributed by atoms with Crippen LogP contribution < -0.4 is 0 Å². The first-order valence-corrected chi connectivity index (χ1v) is 6.17. The highest BCUT2D eigenvalue weighted by atomic mass is 16.4. The van der Waals surface area contributed by atoms with E-state index in [4.69, 9.17) is 5.11 Å². The lowest BCUT2D eigenvalue weighted by Gasteiger charge is -2.24. The predicted octanol–water partition coefficient (Wildman–Crippen LogP) is 2.02. The van der Waals surface area contributed by atoms with Gasteiger partial charge in [-0.15, -0.1) is 0 Å². The molecule has 0 spiro atoms. The third-order valence-corrected chi connectivity index (χ3v) is 2.63. The molecule has 0 atom stereocenters. The zero-order valence-electron chi connectivity index (χ0n) is 11.1. The van der Waals surface area contributed by atoms with Gasteiger partial charge in [0.05, 0.1) is 0 Å². The third-order valence-electron chi connectivity index (χ3n) is 2.63. The van der Waals surface area contributed by atoms with Crippen molar-refractivity contribution in [2.24, 2.45) is 0 Å². The van der Waals surface area contributed by atoms with Crippen LogP contribution in [0, 0.1) is 0 Å². The highest BCUT2D eigenvalue weighted by Gasteiger charge is 2.13. The Balaban J connectivity index is 3.81. The van der Waals surface area contributed by atoms with E-state index < -0.39 is 5.97 Å². The summed E-state index contributed by atoms with van der Waals surface area (Å²) in [6, 6.07) is -0.0357. The maximum atomic E-state index is 11.8. The van der Waals surface area contributed by atoms with Crippen LogP contribution in [0.3, 0.4) is 0 Å². The monoisotopic (exact) mass is 244 g/mol. The van der Waals surface area contributed by atoms with Crippen LogP contribution in [0.25, 0.3) is 0 Å². The zero-order valence-corrected chi connectivity index (χ0v) is 11.1. The van der Waals surface area contributed by atoms with Crippen molar-refractivity contribution in [3.05, 3.63) is 0 Å². The number of carboxylic acids is 1. The molecule has 0 aromatic rings. The van der Waals surface area contributed by atoms with Crippen molar-refractivity contribution in [1.82, 2.24) is 9.80 Å². The number of rotatable bonds is 8. The van der Waals surface area contributed by atoms with Crippen molar-refractivity contribution in [2.45, 2.75) is 39.0 Å². The number of carboxylic acid groups (broad SMARTS) is 1. The van der Waals surface area contributed by atoms with Gasteiger partial charge in [-0.3, -0.25) is 4.79 Å². The Labute approximate surface area is 103 Å². The Hall–Kier alpha value is -1.26. The van der Waals surface area contributed by atoms with E-state index in [9.17, 15) is 9.59 Å². The topological polar surface area (TPSA) is 60.9 Å². The Morgan fingerprint density at radius 2 is 1.53 bits per heavy atom. The van der Waals surface area contributed by atoms with Crippen molar-refractivity contribution in [2.75, 3.05) is 27.2 Å². The van der Waals surface area contributed by atoms with Gasteiger partial charge in [0.15, 0.2) is 0 Å². The van der Waals surface area contributed by atoms with Crippen LogP contribution in [0.2, 0.25) is 0 Å². The molecule has 0 saturated carbocycles. The fourth-order valence-electron chi connectivity index (χ4n) is 1.55. The maximum Gasteiger partial charge on any atom is 0.319 e. The minimum Gasteiger partial charge on any atom is -0.481 e. The van der Waals surface area contributed by atoms with E-state index in [0.29, 0.717) is 13.0 Å². The summed E-state index contributed by atoms with van der Waals surface area (Å²) in [6.07, 6.45) is 3.88. The number of amides is 2. The van der Waals surface area contributed by atoms with Gasteiger partial charge in [-0.2, -0.15) is 0 Å². The first-order chi connectivity index (χ1) is 7.99. The summed E-state index contributed by atoms with van der Waals surface area (Å²) in [6.45, 7) is 3.37. The van der Waals surface area contributed by atoms with Crippen LogP contribution in [-0.2, 0) is 4.79 Å². The Morgan fingerprint density at radius 1 is 1.00 bits per heavy atom. The van der Waals surface area contributed by atoms with Gasteiger partial charge in [-0.1, -0.05) is 19.8 Å². The summed E-state index contributed by atoms with van der Waals surface area (Å²) in [5.41, 5.74) is 0. The van der Waals surface area contributed by atoms with E-state index in [1.54, 1.807) is 23.9 Å². The molecule has 0 aromatic heterocycles. The molecule has 1 N–H and O–H groups in total. The summed E-state index contributed by atoms with van der Waals surface area (Å²) >= 11 is 0. The van der Waals surface area contributed by atoms with E-state index in [2.05, 4.69) is 6.92 Å². The Kier molecular flexibility index (Phi) is 8.19. The van der Waals surface area contributed by atoms with Gasteiger partial charge in [-0.25, -0.2) is 4.79 Å². The molecular weight excluding hydrogens is 220 g/mol. The molecule has 17 heavy (non-hydrogen) atoms. The standard InChI is InChI=1S/C12H24N2O3/c1-4-5-6-9-13(2)12(17)14(3)10-7-8-11(15)16/h4-10H2,1-3H3,(H,15,16). The molecule has 5 nitrogen and oxygen atoms in total. The highest BCUT2D eigenvalue weighted by Crippen LogP contribution is 2.01. The fraction of sp³-hybridized carbons (Fsp3) is 0.833. The lowest BCUT2D eigenvalue weighted by atomic mass is 10.2. The second-order valence-electron chi connectivity index (χ2n) is 4.33. The van der Waals surface area contributed by atoms with Crippen LogP contribution in [0.4, 0.5) is 4.79 Å². The van der Waals surface area contributed by atoms with Crippen molar-refractivity contribution < 1.29 is 14.7 Å². The number of carbonyl (C=O) groups is 2. The first-order valence-electron chi connectivity index (χ1n) is 6.17. The molecule has 0 fully saturated rings. The molecule has 0 saturated heterocycles. The maximum absolute atomic E-state index is 11.8. The molecule has 5 heteroatoms. The average molecular weight is 244 g/mol. The van der Waals surface area contributed by atoms with Crippen LogP contribution in [0.15, 0.2) is 0 Å². The van der Waals surface area contributed by atoms with E-state index >= 15 is 0 Å². The van der Waals surface area contributed by atoms with Crippen molar-refractivity contribution >= 4 is 12.0 Å². The highest BCUT2D eigenvalue weighted by molar-refractivity contribution is 5.73. The van der Waals surface area contributed by atoms with Crippen LogP contribution in [0.1, 0.15) is 39.0 Å². The number of urea groups is 1. The number of carbonyl (C=O) groups excluding carboxylic acids is 1. The van der Waals surface area contributed by atoms with Gasteiger partial charge in [0.2, 0.25) is 0 Å². The van der Waals surface area contributed by atoms with Gasteiger partial charge in [-0.05, 0) is 12.8 Å². The van der Waals surface area contributed by atoms with Gasteiger partial charge in [0.25, 0.3) is 0 Å². The van der Waals surface area contributed by atoms with Gasteiger partial charge in [0.1, 0.15) is 0 Å². The molecule has 0 heterocycles. The predicted molar refractivity (Wildman–Crippen MR) is 67.1 cm³/mol. The lowest BCUT2D eigenvalue weighted by molar-refractivity contribution is -0.137. The summed E-state index contributed by atoms with van der Waals surface area (Å²) in [5, 5.41) is 8.50. The molecule has 0 rings (SSSR count). The third kappa shape index (κ3) is 7.60. The Morgan fingerprint density at radius 3 is 2.00 bits per heavy atom. The molecular formula is C12H24N2O3. The number of hydrogen-bond donors (Lipinski definition) is 1. The molecule has 0 bridgehead atoms. The second-order valence-corrected chi connectivity index (χ2v) is 4.33. The summed E-state index contributed by atoms with van der Waals surface area (Å²) in [7, 11) is 3.49. The summed E-state index contributed by atoms with van der Waals surface area (Å²) < 4.78 is 0. The van der Waals surface area contributed by atoms with Gasteiger partial charge < -0.3 is 14.9 Å². The summed E-state index contributed by atoms with van der Waals surface area (Å²) in [5.74, 6) is -0.817. The minimum absolute atomic E-state index is 0.0357. The van der Waals surface area contributed by atoms with E-state index in [-0.39, 0.29) is 12.5 Å². The smallest absolute Gasteiger partial charge is 0.319 e. The molecule has 0 radical (unpaired) electrons. The molecule has 0 aromatic carbocycles. The SMILES string of the molecule is CCCCCN(C)C(=O)N(C)CCCC(=O)O. The minimum atomic E-state index is -0.817. The average Bonchev–Trinajstić information content (AvgIpc) is 2.27. The van der Waals surface area contributed by atoms with E-state index in [1.807, 2.05) is 0 Å². The Bertz CT molecular complexity index is 244. The zero-order chi connectivity index (χ0) is 13.3. The normalized spacial score (nSPS) is 10.1. The first kappa shape index (κ1) is 15.7. The number of unbranched alkanes of at least 4 members (excludes halogenated alkanes) is 2. The van der Waals surface area contributed by atoms with Crippen LogP contribution >= 0.6 is 0 Å². The molecule has 0 aliphatic rings. The number of aliphatic carboxylic acids is 1. The number of nitrogens with zero attached hydrogens (tertiary/aromatic N) is 2. The molecule has 100 valence electrons. The van der Waals surface area contributed by atoms with E-state index in [0.717, 1.165) is 25.8 Å². The molecule has 0 unspecified atom stereocenters.